The number of anilines is 1. The molecule has 6 heteroatoms. The zero-order chi connectivity index (χ0) is 15.4. The summed E-state index contributed by atoms with van der Waals surface area (Å²) >= 11 is 6.71. The molecule has 2 aromatic carbocycles. The molecule has 0 bridgehead atoms. The predicted molar refractivity (Wildman–Crippen MR) is 90.2 cm³/mol. The van der Waals surface area contributed by atoms with Crippen LogP contribution in [0.15, 0.2) is 56.6 Å². The first-order valence-electron chi connectivity index (χ1n) is 6.07. The Morgan fingerprint density at radius 3 is 2.57 bits per heavy atom. The van der Waals surface area contributed by atoms with E-state index in [0.29, 0.717) is 27.0 Å². The Morgan fingerprint density at radius 1 is 1.14 bits per heavy atom. The fraction of sp³-hybridized carbons (Fsp3) is 0.0667. The zero-order valence-electron chi connectivity index (χ0n) is 11.1. The van der Waals surface area contributed by atoms with Gasteiger partial charge in [-0.2, -0.15) is 0 Å². The topological polar surface area (TPSA) is 61.7 Å². The summed E-state index contributed by atoms with van der Waals surface area (Å²) in [5, 5.41) is 14.9. The highest BCUT2D eigenvalue weighted by atomic mass is 79.9. The van der Waals surface area contributed by atoms with Crippen LogP contribution in [0.1, 0.15) is 22.8 Å². The average molecular weight is 412 g/mol. The van der Waals surface area contributed by atoms with Crippen LogP contribution in [0.2, 0.25) is 0 Å². The lowest BCUT2D eigenvalue weighted by molar-refractivity contribution is 0.102. The van der Waals surface area contributed by atoms with E-state index in [1.165, 1.54) is 0 Å². The first-order valence-corrected chi connectivity index (χ1v) is 7.66. The van der Waals surface area contributed by atoms with Crippen molar-refractivity contribution in [3.05, 3.63) is 62.5 Å². The molecule has 108 valence electrons. The minimum absolute atomic E-state index is 0.249. The van der Waals surface area contributed by atoms with Crippen LogP contribution in [-0.4, -0.2) is 16.8 Å². The van der Waals surface area contributed by atoms with Gasteiger partial charge >= 0.3 is 0 Å². The third-order valence-electron chi connectivity index (χ3n) is 2.89. The van der Waals surface area contributed by atoms with Gasteiger partial charge in [0.05, 0.1) is 17.0 Å². The summed E-state index contributed by atoms with van der Waals surface area (Å²) in [5.41, 5.74) is 2.20. The number of benzene rings is 2. The highest BCUT2D eigenvalue weighted by molar-refractivity contribution is 9.11. The van der Waals surface area contributed by atoms with E-state index < -0.39 is 0 Å². The van der Waals surface area contributed by atoms with Gasteiger partial charge in [-0.3, -0.25) is 4.79 Å². The minimum atomic E-state index is -0.249. The number of oxime groups is 1. The van der Waals surface area contributed by atoms with Crippen molar-refractivity contribution in [1.29, 1.82) is 0 Å². The van der Waals surface area contributed by atoms with Gasteiger partial charge in [0.15, 0.2) is 0 Å². The lowest BCUT2D eigenvalue weighted by atomic mass is 10.1. The quantitative estimate of drug-likeness (QED) is 0.438. The van der Waals surface area contributed by atoms with Crippen molar-refractivity contribution in [2.24, 2.45) is 5.16 Å². The Bertz CT molecular complexity index is 715. The van der Waals surface area contributed by atoms with Crippen molar-refractivity contribution in [3.63, 3.8) is 0 Å². The summed E-state index contributed by atoms with van der Waals surface area (Å²) in [7, 11) is 0. The Morgan fingerprint density at radius 2 is 1.86 bits per heavy atom. The molecule has 2 aromatic rings. The first-order chi connectivity index (χ1) is 10.0. The minimum Gasteiger partial charge on any atom is -0.411 e. The van der Waals surface area contributed by atoms with Gasteiger partial charge in [-0.25, -0.2) is 0 Å². The van der Waals surface area contributed by atoms with Crippen LogP contribution in [-0.2, 0) is 0 Å². The molecule has 0 atom stereocenters. The van der Waals surface area contributed by atoms with Gasteiger partial charge in [0.2, 0.25) is 0 Å². The second kappa shape index (κ2) is 6.87. The molecule has 0 aliphatic heterocycles. The summed E-state index contributed by atoms with van der Waals surface area (Å²) < 4.78 is 1.52. The normalized spacial score (nSPS) is 11.3. The highest BCUT2D eigenvalue weighted by Crippen LogP contribution is 2.24. The van der Waals surface area contributed by atoms with Crippen molar-refractivity contribution >= 4 is 49.2 Å². The molecule has 0 aromatic heterocycles. The van der Waals surface area contributed by atoms with E-state index in [9.17, 15) is 4.79 Å². The van der Waals surface area contributed by atoms with E-state index in [1.54, 1.807) is 37.3 Å². The number of halogens is 2. The molecule has 0 unspecified atom stereocenters. The lowest BCUT2D eigenvalue weighted by Gasteiger charge is -2.11. The zero-order valence-corrected chi connectivity index (χ0v) is 14.3. The van der Waals surface area contributed by atoms with Crippen LogP contribution >= 0.6 is 31.9 Å². The summed E-state index contributed by atoms with van der Waals surface area (Å²) in [5.74, 6) is -0.249. The van der Waals surface area contributed by atoms with Gasteiger partial charge in [0.25, 0.3) is 5.91 Å². The van der Waals surface area contributed by atoms with Crippen molar-refractivity contribution in [2.45, 2.75) is 6.92 Å². The monoisotopic (exact) mass is 410 g/mol. The fourth-order valence-electron chi connectivity index (χ4n) is 1.82. The standard InChI is InChI=1S/C15H12Br2N2O2/c1-9(19-21)11-4-2-3-5-14(11)18-15(20)12-8-10(16)6-7-13(12)17/h2-8,21H,1H3,(H,18,20)/b19-9-. The van der Waals surface area contributed by atoms with Crippen molar-refractivity contribution < 1.29 is 10.0 Å². The van der Waals surface area contributed by atoms with Crippen LogP contribution in [0.4, 0.5) is 5.69 Å². The number of nitrogens with one attached hydrogen (secondary N) is 1. The van der Waals surface area contributed by atoms with E-state index in [4.69, 9.17) is 5.21 Å². The van der Waals surface area contributed by atoms with Gasteiger partial charge in [0, 0.05) is 14.5 Å². The van der Waals surface area contributed by atoms with Crippen LogP contribution in [0.25, 0.3) is 0 Å². The Hall–Kier alpha value is -1.66. The number of carbonyl (C=O) groups is 1. The van der Waals surface area contributed by atoms with Gasteiger partial charge in [-0.05, 0) is 47.1 Å². The van der Waals surface area contributed by atoms with Crippen LogP contribution in [0, 0.1) is 0 Å². The third kappa shape index (κ3) is 3.71. The van der Waals surface area contributed by atoms with Crippen molar-refractivity contribution in [2.75, 3.05) is 5.32 Å². The average Bonchev–Trinajstić information content (AvgIpc) is 2.49. The van der Waals surface area contributed by atoms with E-state index in [-0.39, 0.29) is 5.91 Å². The summed E-state index contributed by atoms with van der Waals surface area (Å²) in [6.45, 7) is 1.67. The summed E-state index contributed by atoms with van der Waals surface area (Å²) in [4.78, 5) is 12.4. The van der Waals surface area contributed by atoms with Gasteiger partial charge < -0.3 is 10.5 Å². The molecule has 0 spiro atoms. The maximum Gasteiger partial charge on any atom is 0.256 e. The van der Waals surface area contributed by atoms with Crippen molar-refractivity contribution in [1.82, 2.24) is 0 Å². The number of amides is 1. The SMILES string of the molecule is C/C(=N/O)c1ccccc1NC(=O)c1cc(Br)ccc1Br. The molecule has 1 amide bonds. The molecule has 0 fully saturated rings. The number of para-hydroxylation sites is 1. The molecule has 0 heterocycles. The molecule has 0 radical (unpaired) electrons. The summed E-state index contributed by atoms with van der Waals surface area (Å²) in [6, 6.07) is 12.5. The second-order valence-corrected chi connectivity index (χ2v) is 6.08. The maximum atomic E-state index is 12.4. The second-order valence-electron chi connectivity index (χ2n) is 4.31. The lowest BCUT2D eigenvalue weighted by Crippen LogP contribution is -2.15. The number of carbonyl (C=O) groups excluding carboxylic acids is 1. The van der Waals surface area contributed by atoms with Gasteiger partial charge in [0.1, 0.15) is 0 Å². The Balaban J connectivity index is 2.34. The third-order valence-corrected chi connectivity index (χ3v) is 4.07. The number of rotatable bonds is 3. The predicted octanol–water partition coefficient (Wildman–Crippen LogP) is 4.66. The number of hydrogen-bond acceptors (Lipinski definition) is 3. The molecule has 21 heavy (non-hydrogen) atoms. The number of hydrogen-bond donors (Lipinski definition) is 2. The van der Waals surface area contributed by atoms with E-state index >= 15 is 0 Å². The first kappa shape index (κ1) is 15.7. The van der Waals surface area contributed by atoms with Crippen LogP contribution in [0.5, 0.6) is 0 Å². The Kier molecular flexibility index (Phi) is 5.14. The van der Waals surface area contributed by atoms with E-state index in [1.807, 2.05) is 12.1 Å². The molecule has 4 nitrogen and oxygen atoms in total. The van der Waals surface area contributed by atoms with E-state index in [0.717, 1.165) is 4.47 Å². The van der Waals surface area contributed by atoms with Gasteiger partial charge in [-0.1, -0.05) is 39.3 Å². The molecule has 0 aliphatic carbocycles. The van der Waals surface area contributed by atoms with Gasteiger partial charge in [-0.15, -0.1) is 0 Å². The summed E-state index contributed by atoms with van der Waals surface area (Å²) in [6.07, 6.45) is 0. The molecule has 2 N–H and O–H groups in total. The molecule has 0 saturated heterocycles. The molecular weight excluding hydrogens is 400 g/mol. The largest absolute Gasteiger partial charge is 0.411 e. The Labute approximate surface area is 139 Å². The maximum absolute atomic E-state index is 12.4. The molecule has 0 aliphatic rings. The van der Waals surface area contributed by atoms with Crippen LogP contribution in [0.3, 0.4) is 0 Å². The highest BCUT2D eigenvalue weighted by Gasteiger charge is 2.13. The fourth-order valence-corrected chi connectivity index (χ4v) is 2.61. The molecule has 0 saturated carbocycles. The number of nitrogens with zero attached hydrogens (tertiary/aromatic N) is 1. The molecular formula is C15H12Br2N2O2. The smallest absolute Gasteiger partial charge is 0.256 e. The van der Waals surface area contributed by atoms with E-state index in [2.05, 4.69) is 42.3 Å². The van der Waals surface area contributed by atoms with Crippen LogP contribution < -0.4 is 5.32 Å². The molecule has 2 rings (SSSR count). The van der Waals surface area contributed by atoms with Crippen molar-refractivity contribution in [3.8, 4) is 0 Å².